The molecule has 9 nitrogen and oxygen atoms in total. The van der Waals surface area contributed by atoms with E-state index in [1.807, 2.05) is 46.0 Å². The Bertz CT molecular complexity index is 1420. The first-order valence-corrected chi connectivity index (χ1v) is 15.5. The third-order valence-electron chi connectivity index (χ3n) is 8.13. The molecule has 10 heteroatoms. The Labute approximate surface area is 259 Å². The number of ether oxygens (including phenoxy) is 1. The fourth-order valence-corrected chi connectivity index (χ4v) is 5.70. The van der Waals surface area contributed by atoms with Crippen LogP contribution >= 0.6 is 0 Å². The summed E-state index contributed by atoms with van der Waals surface area (Å²) in [7, 11) is 0. The second kappa shape index (κ2) is 13.7. The zero-order valence-corrected chi connectivity index (χ0v) is 26.1. The van der Waals surface area contributed by atoms with Crippen LogP contribution in [-0.2, 0) is 11.3 Å². The van der Waals surface area contributed by atoms with Crippen LogP contribution in [0.25, 0.3) is 11.1 Å². The quantitative estimate of drug-likeness (QED) is 0.370. The number of nitrogens with one attached hydrogen (secondary N) is 2. The van der Waals surface area contributed by atoms with Crippen molar-refractivity contribution in [1.82, 2.24) is 25.5 Å². The van der Waals surface area contributed by atoms with Crippen molar-refractivity contribution < 1.29 is 18.7 Å². The summed E-state index contributed by atoms with van der Waals surface area (Å²) in [5, 5.41) is 6.13. The Morgan fingerprint density at radius 3 is 2.25 bits per heavy atom. The summed E-state index contributed by atoms with van der Waals surface area (Å²) < 4.78 is 19.9. The number of likely N-dealkylation sites (tertiary alicyclic amines) is 1. The molecule has 0 saturated carbocycles. The molecule has 0 spiro atoms. The minimum absolute atomic E-state index is 0.0709. The monoisotopic (exact) mass is 602 g/mol. The Hall–Kier alpha value is -4.05. The van der Waals surface area contributed by atoms with Gasteiger partial charge in [0.15, 0.2) is 0 Å². The maximum Gasteiger partial charge on any atom is 0.407 e. The normalized spacial score (nSPS) is 16.9. The molecule has 2 N–H and O–H groups in total. The maximum atomic E-state index is 14.5. The molecule has 0 aliphatic carbocycles. The fourth-order valence-electron chi connectivity index (χ4n) is 5.70. The molecule has 0 bridgehead atoms. The van der Waals surface area contributed by atoms with E-state index in [4.69, 9.17) is 9.72 Å². The van der Waals surface area contributed by atoms with Gasteiger partial charge in [-0.15, -0.1) is 0 Å². The summed E-state index contributed by atoms with van der Waals surface area (Å²) in [6.45, 7) is 11.7. The molecule has 0 atom stereocenters. The first-order valence-electron chi connectivity index (χ1n) is 15.5. The maximum absolute atomic E-state index is 14.5. The molecule has 44 heavy (non-hydrogen) atoms. The van der Waals surface area contributed by atoms with E-state index >= 15 is 0 Å². The van der Waals surface area contributed by atoms with Gasteiger partial charge in [0.05, 0.1) is 0 Å². The third-order valence-corrected chi connectivity index (χ3v) is 8.13. The molecular formula is C34H43FN6O3. The number of anilines is 1. The molecule has 3 aromatic rings. The van der Waals surface area contributed by atoms with Gasteiger partial charge in [0.2, 0.25) is 0 Å². The first-order chi connectivity index (χ1) is 21.0. The van der Waals surface area contributed by atoms with Gasteiger partial charge in [0, 0.05) is 79.6 Å². The SMILES string of the molecule is Cc1ccc(-c2cc(C(=O)NC3CCN(Cc4ccc(N5CCC(NC(=O)OC(C)(C)C)CC5)nc4)CC3)ccc2F)cn1. The number of nitrogens with zero attached hydrogens (tertiary/aromatic N) is 4. The fraction of sp³-hybridized carbons (Fsp3) is 0.471. The van der Waals surface area contributed by atoms with Gasteiger partial charge < -0.3 is 20.3 Å². The molecule has 2 saturated heterocycles. The predicted molar refractivity (Wildman–Crippen MR) is 169 cm³/mol. The molecule has 1 aromatic carbocycles. The van der Waals surface area contributed by atoms with Crippen molar-refractivity contribution in [3.8, 4) is 11.1 Å². The van der Waals surface area contributed by atoms with Crippen LogP contribution in [0.3, 0.4) is 0 Å². The van der Waals surface area contributed by atoms with Gasteiger partial charge in [-0.1, -0.05) is 12.1 Å². The zero-order chi connectivity index (χ0) is 31.3. The van der Waals surface area contributed by atoms with Crippen molar-refractivity contribution in [1.29, 1.82) is 0 Å². The lowest BCUT2D eigenvalue weighted by molar-refractivity contribution is 0.0497. The molecule has 4 heterocycles. The standard InChI is InChI=1S/C34H43FN6O3/c1-23-5-7-26(21-36-23)29-19-25(8-9-30(29)35)32(42)38-27-11-15-40(16-12-27)22-24-6-10-31(37-20-24)41-17-13-28(14-18-41)39-33(43)44-34(2,3)4/h5-10,19-21,27-28H,11-18,22H2,1-4H3,(H,38,42)(H,39,43). The van der Waals surface area contributed by atoms with E-state index in [1.54, 1.807) is 12.3 Å². The van der Waals surface area contributed by atoms with Gasteiger partial charge in [0.1, 0.15) is 17.2 Å². The third kappa shape index (κ3) is 8.53. The van der Waals surface area contributed by atoms with Crippen LogP contribution < -0.4 is 15.5 Å². The average molecular weight is 603 g/mol. The smallest absolute Gasteiger partial charge is 0.407 e. The Morgan fingerprint density at radius 1 is 0.909 bits per heavy atom. The summed E-state index contributed by atoms with van der Waals surface area (Å²) in [6.07, 6.45) is 6.61. The second-order valence-corrected chi connectivity index (χ2v) is 12.8. The molecule has 2 aromatic heterocycles. The summed E-state index contributed by atoms with van der Waals surface area (Å²) in [4.78, 5) is 38.7. The molecule has 2 amide bonds. The van der Waals surface area contributed by atoms with Crippen molar-refractivity contribution >= 4 is 17.8 Å². The van der Waals surface area contributed by atoms with Gasteiger partial charge in [-0.2, -0.15) is 0 Å². The molecule has 2 aliphatic rings. The highest BCUT2D eigenvalue weighted by molar-refractivity contribution is 5.95. The molecule has 2 fully saturated rings. The number of halogens is 1. The van der Waals surface area contributed by atoms with Crippen molar-refractivity contribution in [2.45, 2.75) is 77.6 Å². The minimum Gasteiger partial charge on any atom is -0.444 e. The number of hydrogen-bond acceptors (Lipinski definition) is 7. The van der Waals surface area contributed by atoms with E-state index in [1.165, 1.54) is 12.1 Å². The second-order valence-electron chi connectivity index (χ2n) is 12.8. The number of hydrogen-bond donors (Lipinski definition) is 2. The molecule has 234 valence electrons. The van der Waals surface area contributed by atoms with Crippen molar-refractivity contribution in [2.24, 2.45) is 0 Å². The van der Waals surface area contributed by atoms with Crippen molar-refractivity contribution in [3.05, 3.63) is 77.5 Å². The molecular weight excluding hydrogens is 559 g/mol. The number of carbonyl (C=O) groups is 2. The van der Waals surface area contributed by atoms with Gasteiger partial charge in [-0.25, -0.2) is 14.2 Å². The highest BCUT2D eigenvalue weighted by Crippen LogP contribution is 2.25. The van der Waals surface area contributed by atoms with Gasteiger partial charge in [0.25, 0.3) is 5.91 Å². The van der Waals surface area contributed by atoms with Crippen molar-refractivity contribution in [2.75, 3.05) is 31.1 Å². The Balaban J connectivity index is 1.06. The van der Waals surface area contributed by atoms with Crippen LogP contribution in [0.5, 0.6) is 0 Å². The average Bonchev–Trinajstić information content (AvgIpc) is 2.99. The van der Waals surface area contributed by atoms with Crippen LogP contribution in [0.1, 0.15) is 68.1 Å². The van der Waals surface area contributed by atoms with E-state index in [0.29, 0.717) is 16.7 Å². The minimum atomic E-state index is -0.501. The van der Waals surface area contributed by atoms with Crippen molar-refractivity contribution in [3.63, 3.8) is 0 Å². The first kappa shape index (κ1) is 31.4. The number of amides is 2. The van der Waals surface area contributed by atoms with E-state index in [2.05, 4.69) is 37.6 Å². The highest BCUT2D eigenvalue weighted by atomic mass is 19.1. The van der Waals surface area contributed by atoms with Gasteiger partial charge in [-0.05, 0) is 89.3 Å². The largest absolute Gasteiger partial charge is 0.444 e. The summed E-state index contributed by atoms with van der Waals surface area (Å²) in [6, 6.07) is 12.5. The van der Waals surface area contributed by atoms with Crippen LogP contribution in [0.15, 0.2) is 54.9 Å². The molecule has 2 aliphatic heterocycles. The lowest BCUT2D eigenvalue weighted by Crippen LogP contribution is -2.46. The number of aromatic nitrogens is 2. The number of alkyl carbamates (subject to hydrolysis) is 1. The van der Waals surface area contributed by atoms with E-state index < -0.39 is 5.60 Å². The highest BCUT2D eigenvalue weighted by Gasteiger charge is 2.25. The zero-order valence-electron chi connectivity index (χ0n) is 26.1. The van der Waals surface area contributed by atoms with E-state index in [-0.39, 0.29) is 29.9 Å². The van der Waals surface area contributed by atoms with Crippen LogP contribution in [0.4, 0.5) is 15.0 Å². The topological polar surface area (TPSA) is 99.7 Å². The summed E-state index contributed by atoms with van der Waals surface area (Å²) >= 11 is 0. The number of pyridine rings is 2. The predicted octanol–water partition coefficient (Wildman–Crippen LogP) is 5.48. The number of piperidine rings is 2. The Kier molecular flexibility index (Phi) is 9.78. The summed E-state index contributed by atoms with van der Waals surface area (Å²) in [5.74, 6) is 0.392. The van der Waals surface area contributed by atoms with Crippen LogP contribution in [0, 0.1) is 12.7 Å². The number of carbonyl (C=O) groups excluding carboxylic acids is 2. The molecule has 0 unspecified atom stereocenters. The Morgan fingerprint density at radius 2 is 1.61 bits per heavy atom. The van der Waals surface area contributed by atoms with Crippen LogP contribution in [0.2, 0.25) is 0 Å². The van der Waals surface area contributed by atoms with Gasteiger partial charge >= 0.3 is 6.09 Å². The summed E-state index contributed by atoms with van der Waals surface area (Å²) in [5.41, 5.74) is 2.97. The molecule has 0 radical (unpaired) electrons. The lowest BCUT2D eigenvalue weighted by Gasteiger charge is -2.34. The van der Waals surface area contributed by atoms with Crippen LogP contribution in [-0.4, -0.2) is 70.7 Å². The van der Waals surface area contributed by atoms with E-state index in [9.17, 15) is 14.0 Å². The molecule has 5 rings (SSSR count). The van der Waals surface area contributed by atoms with Gasteiger partial charge in [-0.3, -0.25) is 14.7 Å². The number of aryl methyl sites for hydroxylation is 1. The number of benzene rings is 1. The van der Waals surface area contributed by atoms with E-state index in [0.717, 1.165) is 75.5 Å². The number of rotatable bonds is 7. The lowest BCUT2D eigenvalue weighted by atomic mass is 10.0.